The fraction of sp³-hybridized carbons (Fsp3) is 0.320. The Labute approximate surface area is 185 Å². The number of nitrogens with zero attached hydrogens (tertiary/aromatic N) is 2. The van der Waals surface area contributed by atoms with E-state index in [1.165, 1.54) is 12.0 Å². The van der Waals surface area contributed by atoms with Crippen molar-refractivity contribution in [2.45, 2.75) is 31.5 Å². The van der Waals surface area contributed by atoms with Crippen molar-refractivity contribution in [3.8, 4) is 0 Å². The predicted molar refractivity (Wildman–Crippen MR) is 117 cm³/mol. The second kappa shape index (κ2) is 7.82. The maximum Gasteiger partial charge on any atom is 0.411 e. The fourth-order valence-electron chi connectivity index (χ4n) is 5.21. The summed E-state index contributed by atoms with van der Waals surface area (Å²) in [6.07, 6.45) is -0.0176. The Morgan fingerprint density at radius 3 is 2.50 bits per heavy atom. The monoisotopic (exact) mass is 432 g/mol. The number of para-hydroxylation sites is 1. The number of fused-ring (bicyclic) bond motifs is 6. The molecule has 3 aromatic rings. The molecule has 32 heavy (non-hydrogen) atoms. The number of ether oxygens (including phenoxy) is 2. The van der Waals surface area contributed by atoms with Crippen molar-refractivity contribution in [2.75, 3.05) is 7.11 Å². The summed E-state index contributed by atoms with van der Waals surface area (Å²) in [6.45, 7) is 0.117. The van der Waals surface area contributed by atoms with Crippen LogP contribution in [0.3, 0.4) is 0 Å². The molecule has 1 aromatic heterocycles. The van der Waals surface area contributed by atoms with Gasteiger partial charge in [0.1, 0.15) is 12.5 Å². The van der Waals surface area contributed by atoms with Gasteiger partial charge in [-0.2, -0.15) is 0 Å². The van der Waals surface area contributed by atoms with Gasteiger partial charge in [0.05, 0.1) is 19.2 Å². The van der Waals surface area contributed by atoms with Gasteiger partial charge in [-0.3, -0.25) is 14.5 Å². The molecule has 164 valence electrons. The van der Waals surface area contributed by atoms with E-state index in [0.717, 1.165) is 27.7 Å². The van der Waals surface area contributed by atoms with E-state index >= 15 is 0 Å². The normalized spacial score (nSPS) is 21.9. The molecule has 1 saturated heterocycles. The van der Waals surface area contributed by atoms with Crippen molar-refractivity contribution in [3.63, 3.8) is 0 Å². The first kappa shape index (κ1) is 20.3. The number of amides is 1. The average molecular weight is 432 g/mol. The first-order chi connectivity index (χ1) is 15.5. The van der Waals surface area contributed by atoms with E-state index in [4.69, 9.17) is 9.47 Å². The lowest BCUT2D eigenvalue weighted by atomic mass is 9.76. The molecule has 1 amide bonds. The highest BCUT2D eigenvalue weighted by molar-refractivity contribution is 6.04. The van der Waals surface area contributed by atoms with E-state index < -0.39 is 30.1 Å². The van der Waals surface area contributed by atoms with Crippen LogP contribution in [-0.4, -0.2) is 40.5 Å². The number of hydrogen-bond donors (Lipinski definition) is 0. The minimum Gasteiger partial charge on any atom is -0.468 e. The Morgan fingerprint density at radius 1 is 1.03 bits per heavy atom. The molecular weight excluding hydrogens is 408 g/mol. The Morgan fingerprint density at radius 2 is 1.75 bits per heavy atom. The maximum absolute atomic E-state index is 13.3. The van der Waals surface area contributed by atoms with Crippen LogP contribution < -0.4 is 0 Å². The van der Waals surface area contributed by atoms with E-state index in [9.17, 15) is 14.4 Å². The molecule has 2 aromatic carbocycles. The number of methoxy groups -OCH3 is 1. The third-order valence-electron chi connectivity index (χ3n) is 6.68. The van der Waals surface area contributed by atoms with Crippen LogP contribution in [0.25, 0.3) is 10.9 Å². The molecule has 0 N–H and O–H groups in total. The van der Waals surface area contributed by atoms with E-state index in [1.54, 1.807) is 0 Å². The van der Waals surface area contributed by atoms with Crippen molar-refractivity contribution >= 4 is 28.7 Å². The molecule has 3 atom stereocenters. The lowest BCUT2D eigenvalue weighted by Gasteiger charge is -2.46. The molecule has 3 heterocycles. The highest BCUT2D eigenvalue weighted by Gasteiger charge is 2.53. The molecule has 1 fully saturated rings. The highest BCUT2D eigenvalue weighted by Crippen LogP contribution is 2.46. The molecule has 5 rings (SSSR count). The van der Waals surface area contributed by atoms with Crippen molar-refractivity contribution in [3.05, 3.63) is 71.4 Å². The molecule has 2 aliphatic heterocycles. The van der Waals surface area contributed by atoms with Crippen LogP contribution in [-0.2, 0) is 39.1 Å². The number of benzene rings is 2. The van der Waals surface area contributed by atoms with Crippen molar-refractivity contribution in [1.29, 1.82) is 0 Å². The number of carbonyl (C=O) groups is 3. The molecule has 2 aliphatic rings. The zero-order valence-electron chi connectivity index (χ0n) is 18.0. The first-order valence-corrected chi connectivity index (χ1v) is 10.7. The van der Waals surface area contributed by atoms with Gasteiger partial charge in [0, 0.05) is 30.1 Å². The number of Topliss-reactive ketones (excluding diaryl/α,β-unsaturated/α-hetero) is 1. The first-order valence-electron chi connectivity index (χ1n) is 10.7. The molecule has 2 bridgehead atoms. The van der Waals surface area contributed by atoms with E-state index in [-0.39, 0.29) is 18.8 Å². The van der Waals surface area contributed by atoms with Crippen LogP contribution >= 0.6 is 0 Å². The molecule has 7 heteroatoms. The summed E-state index contributed by atoms with van der Waals surface area (Å²) in [5, 5.41) is 1.07. The van der Waals surface area contributed by atoms with E-state index in [2.05, 4.69) is 4.57 Å². The van der Waals surface area contributed by atoms with Crippen LogP contribution in [0.5, 0.6) is 0 Å². The topological polar surface area (TPSA) is 77.8 Å². The molecule has 0 saturated carbocycles. The molecule has 0 aliphatic carbocycles. The van der Waals surface area contributed by atoms with Gasteiger partial charge < -0.3 is 14.0 Å². The third-order valence-corrected chi connectivity index (χ3v) is 6.68. The number of ketones is 1. The second-order valence-electron chi connectivity index (χ2n) is 8.34. The van der Waals surface area contributed by atoms with Crippen molar-refractivity contribution in [1.82, 2.24) is 9.47 Å². The lowest BCUT2D eigenvalue weighted by molar-refractivity contribution is -0.155. The van der Waals surface area contributed by atoms with Crippen LogP contribution in [0.1, 0.15) is 29.3 Å². The maximum atomic E-state index is 13.3. The minimum atomic E-state index is -0.890. The Bertz CT molecular complexity index is 1220. The lowest BCUT2D eigenvalue weighted by Crippen LogP contribution is -2.58. The van der Waals surface area contributed by atoms with Crippen LogP contribution in [0.4, 0.5) is 4.79 Å². The number of carbonyl (C=O) groups excluding carboxylic acids is 3. The van der Waals surface area contributed by atoms with Gasteiger partial charge in [0.2, 0.25) is 0 Å². The number of piperidine rings is 1. The summed E-state index contributed by atoms with van der Waals surface area (Å²) in [7, 11) is 3.24. The van der Waals surface area contributed by atoms with Gasteiger partial charge in [-0.1, -0.05) is 48.5 Å². The van der Waals surface area contributed by atoms with Gasteiger partial charge in [0.25, 0.3) is 0 Å². The number of rotatable bonds is 3. The number of esters is 1. The molecule has 0 spiro atoms. The van der Waals surface area contributed by atoms with Gasteiger partial charge in [-0.25, -0.2) is 4.79 Å². The minimum absolute atomic E-state index is 0.117. The average Bonchev–Trinajstić information content (AvgIpc) is 3.11. The van der Waals surface area contributed by atoms with Gasteiger partial charge >= 0.3 is 12.1 Å². The predicted octanol–water partition coefficient (Wildman–Crippen LogP) is 3.54. The third kappa shape index (κ3) is 3.07. The van der Waals surface area contributed by atoms with Gasteiger partial charge in [-0.05, 0) is 23.6 Å². The van der Waals surface area contributed by atoms with E-state index in [1.807, 2.05) is 61.6 Å². The molecule has 7 nitrogen and oxygen atoms in total. The molecule has 0 radical (unpaired) electrons. The Hall–Kier alpha value is -3.61. The van der Waals surface area contributed by atoms with Crippen LogP contribution in [0.2, 0.25) is 0 Å². The zero-order chi connectivity index (χ0) is 22.4. The van der Waals surface area contributed by atoms with Crippen LogP contribution in [0.15, 0.2) is 54.6 Å². The quantitative estimate of drug-likeness (QED) is 0.467. The smallest absolute Gasteiger partial charge is 0.411 e. The summed E-state index contributed by atoms with van der Waals surface area (Å²) in [5.74, 6) is -1.73. The Kier molecular flexibility index (Phi) is 4.96. The molecular formula is C25H24N2O5. The fourth-order valence-corrected chi connectivity index (χ4v) is 5.21. The van der Waals surface area contributed by atoms with Crippen molar-refractivity contribution in [2.24, 2.45) is 13.0 Å². The van der Waals surface area contributed by atoms with E-state index in [0.29, 0.717) is 6.42 Å². The highest BCUT2D eigenvalue weighted by atomic mass is 16.6. The summed E-state index contributed by atoms with van der Waals surface area (Å²) < 4.78 is 12.6. The summed E-state index contributed by atoms with van der Waals surface area (Å²) >= 11 is 0. The second-order valence-corrected chi connectivity index (χ2v) is 8.34. The SMILES string of the molecule is COC(=O)C1C[C@@H]2c3c(c4ccccc4n3C)C[C@H](C1=O)N2C(=O)OCc1ccccc1. The van der Waals surface area contributed by atoms with Crippen molar-refractivity contribution < 1.29 is 23.9 Å². The largest absolute Gasteiger partial charge is 0.468 e. The summed E-state index contributed by atoms with van der Waals surface area (Å²) in [6, 6.07) is 16.2. The molecule has 1 unspecified atom stereocenters. The number of aromatic nitrogens is 1. The summed E-state index contributed by atoms with van der Waals surface area (Å²) in [4.78, 5) is 40.5. The number of hydrogen-bond acceptors (Lipinski definition) is 5. The summed E-state index contributed by atoms with van der Waals surface area (Å²) in [5.41, 5.74) is 3.90. The van der Waals surface area contributed by atoms with Gasteiger partial charge in [0.15, 0.2) is 5.78 Å². The zero-order valence-corrected chi connectivity index (χ0v) is 18.0. The Balaban J connectivity index is 1.55. The number of aryl methyl sites for hydroxylation is 1. The van der Waals surface area contributed by atoms with Gasteiger partial charge in [-0.15, -0.1) is 0 Å². The van der Waals surface area contributed by atoms with Crippen LogP contribution in [0, 0.1) is 5.92 Å². The standard InChI is InChI=1S/C25H24N2O5/c1-26-19-11-7-6-10-16(19)17-12-21-23(28)18(24(29)31-2)13-20(22(17)26)27(21)25(30)32-14-15-8-4-3-5-9-15/h3-11,18,20-21H,12-14H2,1-2H3/t18?,20-,21-/m1/s1.